The number of sulfonamides is 1. The van der Waals surface area contributed by atoms with Crippen molar-refractivity contribution in [1.29, 1.82) is 0 Å². The van der Waals surface area contributed by atoms with E-state index in [0.717, 1.165) is 23.1 Å². The number of nitrogens with zero attached hydrogens (tertiary/aromatic N) is 4. The van der Waals surface area contributed by atoms with E-state index in [0.29, 0.717) is 0 Å². The van der Waals surface area contributed by atoms with Crippen LogP contribution in [0.1, 0.15) is 48.3 Å². The van der Waals surface area contributed by atoms with Crippen molar-refractivity contribution in [2.24, 2.45) is 5.41 Å². The van der Waals surface area contributed by atoms with Gasteiger partial charge in [-0.05, 0) is 43.7 Å². The summed E-state index contributed by atoms with van der Waals surface area (Å²) in [6.45, 7) is 4.29. The molecule has 0 unspecified atom stereocenters. The number of benzene rings is 1. The number of hydrogen-bond acceptors (Lipinski definition) is 5. The topological polar surface area (TPSA) is 87.5 Å². The second-order valence-electron chi connectivity index (χ2n) is 10.0. The summed E-state index contributed by atoms with van der Waals surface area (Å²) in [6.07, 6.45) is -2.88. The van der Waals surface area contributed by atoms with Gasteiger partial charge in [-0.25, -0.2) is 13.1 Å². The summed E-state index contributed by atoms with van der Waals surface area (Å²) in [5.74, 6) is -0.308. The van der Waals surface area contributed by atoms with Crippen LogP contribution in [-0.4, -0.2) is 71.7 Å². The molecule has 1 saturated carbocycles. The minimum Gasteiger partial charge on any atom is -0.367 e. The number of carbonyl (C=O) groups is 1. The molecule has 1 amide bonds. The molecule has 0 radical (unpaired) electrons. The zero-order valence-corrected chi connectivity index (χ0v) is 20.4. The lowest BCUT2D eigenvalue weighted by Crippen LogP contribution is -2.50. The number of carbonyl (C=O) groups excluding carboxylic acids is 1. The maximum Gasteiger partial charge on any atom is 0.410 e. The van der Waals surface area contributed by atoms with Crippen molar-refractivity contribution in [3.63, 3.8) is 0 Å². The molecule has 3 aliphatic rings. The molecule has 1 aromatic carbocycles. The van der Waals surface area contributed by atoms with Crippen molar-refractivity contribution in [3.05, 3.63) is 41.6 Å². The minimum absolute atomic E-state index is 0.0711. The normalized spacial score (nSPS) is 24.5. The van der Waals surface area contributed by atoms with Crippen LogP contribution in [0.25, 0.3) is 0 Å². The third kappa shape index (κ3) is 4.42. The van der Waals surface area contributed by atoms with E-state index in [1.807, 2.05) is 13.8 Å². The highest BCUT2D eigenvalue weighted by atomic mass is 32.2. The zero-order chi connectivity index (χ0) is 25.2. The Labute approximate surface area is 202 Å². The number of piperazine rings is 1. The van der Waals surface area contributed by atoms with E-state index >= 15 is 0 Å². The number of aryl methyl sites for hydroxylation is 1. The molecule has 5 rings (SSSR count). The highest BCUT2D eigenvalue weighted by Crippen LogP contribution is 2.54. The first-order chi connectivity index (χ1) is 16.4. The monoisotopic (exact) mass is 511 g/mol. The standard InChI is InChI=1S/C23H28F3N5O3S/c1-15-3-5-16(6-4-15)35(33,34)30-11-9-29(10-12-30)21(32)17-13-20-27-18(22(2)7-8-22)14-19(23(24,25)26)31(20)28-17/h3-6,13,18-19,27H,7-12,14H2,1-2H3/t18-,19-/m1/s1. The lowest BCUT2D eigenvalue weighted by atomic mass is 9.90. The highest BCUT2D eigenvalue weighted by Gasteiger charge is 2.53. The Morgan fingerprint density at radius 1 is 1.11 bits per heavy atom. The molecule has 2 atom stereocenters. The van der Waals surface area contributed by atoms with Crippen LogP contribution < -0.4 is 5.32 Å². The summed E-state index contributed by atoms with van der Waals surface area (Å²) in [6, 6.07) is 5.81. The Hall–Kier alpha value is -2.60. The van der Waals surface area contributed by atoms with Gasteiger partial charge in [-0.2, -0.15) is 22.6 Å². The summed E-state index contributed by atoms with van der Waals surface area (Å²) in [7, 11) is -3.69. The Bertz CT molecular complexity index is 1230. The molecule has 2 fully saturated rings. The Morgan fingerprint density at radius 3 is 2.31 bits per heavy atom. The predicted octanol–water partition coefficient (Wildman–Crippen LogP) is 3.43. The Balaban J connectivity index is 1.31. The fourth-order valence-corrected chi connectivity index (χ4v) is 6.26. The van der Waals surface area contributed by atoms with Crippen molar-refractivity contribution in [2.75, 3.05) is 31.5 Å². The number of hydrogen-bond donors (Lipinski definition) is 1. The molecule has 2 aromatic rings. The molecule has 0 bridgehead atoms. The van der Waals surface area contributed by atoms with E-state index in [2.05, 4.69) is 10.4 Å². The van der Waals surface area contributed by atoms with Gasteiger partial charge in [-0.15, -0.1) is 0 Å². The number of fused-ring (bicyclic) bond motifs is 1. The van der Waals surface area contributed by atoms with E-state index < -0.39 is 28.1 Å². The fraction of sp³-hybridized carbons (Fsp3) is 0.565. The molecule has 2 aliphatic heterocycles. The average Bonchev–Trinajstić information content (AvgIpc) is 3.42. The molecule has 1 aliphatic carbocycles. The summed E-state index contributed by atoms with van der Waals surface area (Å²) in [5, 5.41) is 7.22. The van der Waals surface area contributed by atoms with Crippen LogP contribution in [-0.2, 0) is 10.0 Å². The van der Waals surface area contributed by atoms with Gasteiger partial charge in [0.15, 0.2) is 11.7 Å². The van der Waals surface area contributed by atoms with Crippen molar-refractivity contribution >= 4 is 21.7 Å². The van der Waals surface area contributed by atoms with Crippen molar-refractivity contribution in [1.82, 2.24) is 19.0 Å². The van der Waals surface area contributed by atoms with Gasteiger partial charge in [0.25, 0.3) is 5.91 Å². The van der Waals surface area contributed by atoms with Crippen LogP contribution in [0.15, 0.2) is 35.2 Å². The predicted molar refractivity (Wildman–Crippen MR) is 123 cm³/mol. The van der Waals surface area contributed by atoms with Gasteiger partial charge in [0.05, 0.1) is 4.90 Å². The van der Waals surface area contributed by atoms with Gasteiger partial charge in [0.2, 0.25) is 10.0 Å². The molecule has 3 heterocycles. The van der Waals surface area contributed by atoms with Gasteiger partial charge in [-0.1, -0.05) is 24.6 Å². The zero-order valence-electron chi connectivity index (χ0n) is 19.5. The summed E-state index contributed by atoms with van der Waals surface area (Å²) < 4.78 is 69.5. The first-order valence-electron chi connectivity index (χ1n) is 11.7. The van der Waals surface area contributed by atoms with Crippen LogP contribution in [0, 0.1) is 12.3 Å². The van der Waals surface area contributed by atoms with E-state index in [1.54, 1.807) is 24.3 Å². The molecule has 190 valence electrons. The first-order valence-corrected chi connectivity index (χ1v) is 13.1. The lowest BCUT2D eigenvalue weighted by molar-refractivity contribution is -0.174. The van der Waals surface area contributed by atoms with Gasteiger partial charge < -0.3 is 10.2 Å². The fourth-order valence-electron chi connectivity index (χ4n) is 4.83. The molecule has 1 N–H and O–H groups in total. The number of aromatic nitrogens is 2. The van der Waals surface area contributed by atoms with E-state index in [1.165, 1.54) is 15.3 Å². The minimum atomic E-state index is -4.48. The number of halogens is 3. The average molecular weight is 512 g/mol. The quantitative estimate of drug-likeness (QED) is 0.680. The molecule has 12 heteroatoms. The van der Waals surface area contributed by atoms with Crippen LogP contribution in [0.2, 0.25) is 0 Å². The number of alkyl halides is 3. The molecule has 0 spiro atoms. The summed E-state index contributed by atoms with van der Waals surface area (Å²) in [5.41, 5.74) is 0.697. The van der Waals surface area contributed by atoms with Gasteiger partial charge in [0, 0.05) is 38.3 Å². The van der Waals surface area contributed by atoms with Crippen LogP contribution in [0.3, 0.4) is 0 Å². The largest absolute Gasteiger partial charge is 0.410 e. The number of anilines is 1. The highest BCUT2D eigenvalue weighted by molar-refractivity contribution is 7.89. The van der Waals surface area contributed by atoms with E-state index in [-0.39, 0.29) is 60.5 Å². The Morgan fingerprint density at radius 2 is 1.74 bits per heavy atom. The molecule has 1 saturated heterocycles. The molecule has 35 heavy (non-hydrogen) atoms. The van der Waals surface area contributed by atoms with Gasteiger partial charge >= 0.3 is 6.18 Å². The van der Waals surface area contributed by atoms with Crippen LogP contribution >= 0.6 is 0 Å². The lowest BCUT2D eigenvalue weighted by Gasteiger charge is -2.36. The van der Waals surface area contributed by atoms with E-state index in [4.69, 9.17) is 0 Å². The SMILES string of the molecule is Cc1ccc(S(=O)(=O)N2CCN(C(=O)c3cc4n(n3)[C@@H](C(F)(F)F)C[C@H](C3(C)CC3)N4)CC2)cc1. The van der Waals surface area contributed by atoms with Crippen molar-refractivity contribution in [2.45, 2.75) is 56.3 Å². The second-order valence-corrected chi connectivity index (χ2v) is 12.0. The summed E-state index contributed by atoms with van der Waals surface area (Å²) >= 11 is 0. The van der Waals surface area contributed by atoms with Crippen LogP contribution in [0.5, 0.6) is 0 Å². The van der Waals surface area contributed by atoms with Gasteiger partial charge in [0.1, 0.15) is 5.82 Å². The maximum absolute atomic E-state index is 13.8. The summed E-state index contributed by atoms with van der Waals surface area (Å²) in [4.78, 5) is 14.7. The van der Waals surface area contributed by atoms with Crippen LogP contribution in [0.4, 0.5) is 19.0 Å². The second kappa shape index (κ2) is 8.22. The van der Waals surface area contributed by atoms with E-state index in [9.17, 15) is 26.4 Å². The Kier molecular flexibility index (Phi) is 5.67. The number of amides is 1. The maximum atomic E-state index is 13.8. The third-order valence-electron chi connectivity index (χ3n) is 7.47. The molecule has 1 aromatic heterocycles. The number of nitrogens with one attached hydrogen (secondary N) is 1. The molecule has 8 nitrogen and oxygen atoms in total. The molecular formula is C23H28F3N5O3S. The number of rotatable bonds is 4. The molecular weight excluding hydrogens is 483 g/mol. The van der Waals surface area contributed by atoms with Crippen molar-refractivity contribution in [3.8, 4) is 0 Å². The first kappa shape index (κ1) is 24.1. The smallest absolute Gasteiger partial charge is 0.367 e. The van der Waals surface area contributed by atoms with Crippen molar-refractivity contribution < 1.29 is 26.4 Å². The van der Waals surface area contributed by atoms with Gasteiger partial charge in [-0.3, -0.25) is 4.79 Å². The third-order valence-corrected chi connectivity index (χ3v) is 9.39.